The zero-order valence-electron chi connectivity index (χ0n) is 14.8. The molecule has 0 radical (unpaired) electrons. The van der Waals surface area contributed by atoms with Gasteiger partial charge in [0.05, 0.1) is 11.4 Å². The summed E-state index contributed by atoms with van der Waals surface area (Å²) in [6.07, 6.45) is 1.31. The number of hydrogen-bond acceptors (Lipinski definition) is 4. The number of carbonyl (C=O) groups excluding carboxylic acids is 1. The second-order valence-electron chi connectivity index (χ2n) is 6.69. The minimum absolute atomic E-state index is 0.0556. The predicted octanol–water partition coefficient (Wildman–Crippen LogP) is 1.50. The number of sulfonamides is 1. The minimum atomic E-state index is -3.61. The van der Waals surface area contributed by atoms with E-state index in [0.29, 0.717) is 6.42 Å². The van der Waals surface area contributed by atoms with Crippen molar-refractivity contribution in [2.24, 2.45) is 0 Å². The van der Waals surface area contributed by atoms with E-state index in [1.165, 1.54) is 32.3 Å². The fourth-order valence-corrected chi connectivity index (χ4v) is 4.14. The van der Waals surface area contributed by atoms with E-state index in [-0.39, 0.29) is 17.0 Å². The lowest BCUT2D eigenvalue weighted by Crippen LogP contribution is -2.39. The number of aryl methyl sites for hydroxylation is 1. The second-order valence-corrected chi connectivity index (χ2v) is 8.84. The monoisotopic (exact) mass is 374 g/mol. The molecule has 0 aromatic heterocycles. The molecule has 0 saturated heterocycles. The number of nitrogens with one attached hydrogen (secondary N) is 1. The Kier molecular flexibility index (Phi) is 4.88. The summed E-state index contributed by atoms with van der Waals surface area (Å²) in [4.78, 5) is 12.5. The van der Waals surface area contributed by atoms with Crippen molar-refractivity contribution < 1.29 is 18.3 Å². The summed E-state index contributed by atoms with van der Waals surface area (Å²) in [7, 11) is -0.732. The third-order valence-electron chi connectivity index (χ3n) is 4.74. The first kappa shape index (κ1) is 18.6. The van der Waals surface area contributed by atoms with Gasteiger partial charge in [0, 0.05) is 19.7 Å². The Hall–Kier alpha value is -2.22. The molecule has 1 aliphatic carbocycles. The number of aliphatic hydroxyl groups is 1. The van der Waals surface area contributed by atoms with Crippen LogP contribution in [0.25, 0.3) is 0 Å². The summed E-state index contributed by atoms with van der Waals surface area (Å²) < 4.78 is 25.5. The van der Waals surface area contributed by atoms with E-state index in [0.717, 1.165) is 21.9 Å². The highest BCUT2D eigenvalue weighted by Crippen LogP contribution is 2.36. The van der Waals surface area contributed by atoms with Crippen LogP contribution in [0.5, 0.6) is 0 Å². The van der Waals surface area contributed by atoms with E-state index in [1.54, 1.807) is 6.07 Å². The van der Waals surface area contributed by atoms with Gasteiger partial charge in [-0.1, -0.05) is 30.3 Å². The van der Waals surface area contributed by atoms with Crippen LogP contribution < -0.4 is 5.32 Å². The van der Waals surface area contributed by atoms with Gasteiger partial charge in [-0.25, -0.2) is 12.7 Å². The van der Waals surface area contributed by atoms with Gasteiger partial charge in [-0.2, -0.15) is 0 Å². The number of amides is 1. The molecule has 138 valence electrons. The highest BCUT2D eigenvalue weighted by atomic mass is 32.2. The molecule has 2 aromatic carbocycles. The lowest BCUT2D eigenvalue weighted by Gasteiger charge is -2.24. The van der Waals surface area contributed by atoms with Crippen LogP contribution in [0.2, 0.25) is 0 Å². The Labute approximate surface area is 153 Å². The highest BCUT2D eigenvalue weighted by molar-refractivity contribution is 7.89. The molecule has 0 spiro atoms. The number of nitrogens with zero attached hydrogens (tertiary/aromatic N) is 1. The average molecular weight is 374 g/mol. The Bertz CT molecular complexity index is 940. The molecule has 2 aromatic rings. The maximum atomic E-state index is 12.5. The normalized spacial score (nSPS) is 19.4. The zero-order valence-corrected chi connectivity index (χ0v) is 15.6. The molecule has 0 heterocycles. The highest BCUT2D eigenvalue weighted by Gasteiger charge is 2.36. The van der Waals surface area contributed by atoms with Crippen molar-refractivity contribution in [1.82, 2.24) is 9.62 Å². The van der Waals surface area contributed by atoms with E-state index >= 15 is 0 Å². The van der Waals surface area contributed by atoms with Gasteiger partial charge < -0.3 is 10.4 Å². The van der Waals surface area contributed by atoms with Crippen molar-refractivity contribution >= 4 is 15.9 Å². The molecule has 0 fully saturated rings. The van der Waals surface area contributed by atoms with E-state index in [1.807, 2.05) is 24.3 Å². The summed E-state index contributed by atoms with van der Waals surface area (Å²) in [5.74, 6) is -0.418. The number of rotatable bonds is 5. The molecule has 0 aliphatic heterocycles. The first-order valence-electron chi connectivity index (χ1n) is 8.36. The molecule has 0 unspecified atom stereocenters. The number of fused-ring (bicyclic) bond motifs is 1. The lowest BCUT2D eigenvalue weighted by molar-refractivity contribution is 0.0369. The molecule has 0 bridgehead atoms. The summed E-state index contributed by atoms with van der Waals surface area (Å²) in [6, 6.07) is 13.5. The molecule has 6 nitrogen and oxygen atoms in total. The summed E-state index contributed by atoms with van der Waals surface area (Å²) in [5.41, 5.74) is 1.06. The maximum absolute atomic E-state index is 12.5. The van der Waals surface area contributed by atoms with E-state index in [9.17, 15) is 18.3 Å². The summed E-state index contributed by atoms with van der Waals surface area (Å²) in [5, 5.41) is 13.6. The minimum Gasteiger partial charge on any atom is -0.383 e. The van der Waals surface area contributed by atoms with Crippen LogP contribution in [-0.2, 0) is 22.0 Å². The fraction of sp³-hybridized carbons (Fsp3) is 0.316. The smallest absolute Gasteiger partial charge is 0.251 e. The lowest BCUT2D eigenvalue weighted by atomic mass is 9.96. The maximum Gasteiger partial charge on any atom is 0.251 e. The van der Waals surface area contributed by atoms with Crippen LogP contribution in [0, 0.1) is 0 Å². The average Bonchev–Trinajstić information content (AvgIpc) is 2.97. The molecular weight excluding hydrogens is 352 g/mol. The van der Waals surface area contributed by atoms with Gasteiger partial charge in [-0.3, -0.25) is 4.79 Å². The molecular formula is C19H22N2O4S. The Morgan fingerprint density at radius 3 is 2.65 bits per heavy atom. The molecule has 2 N–H and O–H groups in total. The van der Waals surface area contributed by atoms with Crippen molar-refractivity contribution in [2.75, 3.05) is 20.6 Å². The van der Waals surface area contributed by atoms with Crippen molar-refractivity contribution in [2.45, 2.75) is 23.3 Å². The van der Waals surface area contributed by atoms with E-state index in [4.69, 9.17) is 0 Å². The Balaban J connectivity index is 1.76. The quantitative estimate of drug-likeness (QED) is 0.830. The van der Waals surface area contributed by atoms with Crippen molar-refractivity contribution in [1.29, 1.82) is 0 Å². The molecule has 1 amide bonds. The van der Waals surface area contributed by atoms with E-state index < -0.39 is 21.5 Å². The number of benzene rings is 2. The van der Waals surface area contributed by atoms with Crippen LogP contribution in [0.15, 0.2) is 53.4 Å². The van der Waals surface area contributed by atoms with Gasteiger partial charge in [-0.15, -0.1) is 0 Å². The van der Waals surface area contributed by atoms with Gasteiger partial charge in [0.15, 0.2) is 0 Å². The molecule has 1 atom stereocenters. The Morgan fingerprint density at radius 2 is 1.92 bits per heavy atom. The third-order valence-corrected chi connectivity index (χ3v) is 6.55. The van der Waals surface area contributed by atoms with Crippen LogP contribution >= 0.6 is 0 Å². The SMILES string of the molecule is CN(C)S(=O)(=O)c1cccc(C(=O)NC[C@@]2(O)CCc3ccccc32)c1. The molecule has 7 heteroatoms. The van der Waals surface area contributed by atoms with Crippen LogP contribution in [0.3, 0.4) is 0 Å². The van der Waals surface area contributed by atoms with E-state index in [2.05, 4.69) is 5.32 Å². The first-order valence-corrected chi connectivity index (χ1v) is 9.80. The van der Waals surface area contributed by atoms with Crippen molar-refractivity contribution in [3.05, 3.63) is 65.2 Å². The van der Waals surface area contributed by atoms with Crippen LogP contribution in [-0.4, -0.2) is 44.4 Å². The molecule has 3 rings (SSSR count). The van der Waals surface area contributed by atoms with Crippen molar-refractivity contribution in [3.63, 3.8) is 0 Å². The molecule has 26 heavy (non-hydrogen) atoms. The fourth-order valence-electron chi connectivity index (χ4n) is 3.19. The van der Waals surface area contributed by atoms with Crippen LogP contribution in [0.4, 0.5) is 0 Å². The second kappa shape index (κ2) is 6.83. The van der Waals surface area contributed by atoms with Crippen molar-refractivity contribution in [3.8, 4) is 0 Å². The van der Waals surface area contributed by atoms with Gasteiger partial charge >= 0.3 is 0 Å². The van der Waals surface area contributed by atoms with Gasteiger partial charge in [-0.05, 0) is 42.2 Å². The van der Waals surface area contributed by atoms with Crippen LogP contribution in [0.1, 0.15) is 27.9 Å². The number of hydrogen-bond donors (Lipinski definition) is 2. The van der Waals surface area contributed by atoms with Gasteiger partial charge in [0.25, 0.3) is 5.91 Å². The largest absolute Gasteiger partial charge is 0.383 e. The molecule has 0 saturated carbocycles. The number of carbonyl (C=O) groups is 1. The topological polar surface area (TPSA) is 86.7 Å². The summed E-state index contributed by atoms with van der Waals surface area (Å²) >= 11 is 0. The first-order chi connectivity index (χ1) is 12.2. The zero-order chi connectivity index (χ0) is 18.9. The Morgan fingerprint density at radius 1 is 1.19 bits per heavy atom. The van der Waals surface area contributed by atoms with Gasteiger partial charge in [0.1, 0.15) is 5.60 Å². The van der Waals surface area contributed by atoms with Gasteiger partial charge in [0.2, 0.25) is 10.0 Å². The molecule has 1 aliphatic rings. The predicted molar refractivity (Wildman–Crippen MR) is 98.3 cm³/mol. The third kappa shape index (κ3) is 3.38. The standard InChI is InChI=1S/C19H22N2O4S/c1-21(2)26(24,25)16-8-5-7-15(12-16)18(22)20-13-19(23)11-10-14-6-3-4-9-17(14)19/h3-9,12,23H,10-11,13H2,1-2H3,(H,20,22)/t19-/m0/s1. The summed E-state index contributed by atoms with van der Waals surface area (Å²) in [6.45, 7) is 0.0769.